The van der Waals surface area contributed by atoms with E-state index in [0.29, 0.717) is 18.7 Å². The molecule has 30 heavy (non-hydrogen) atoms. The van der Waals surface area contributed by atoms with Crippen LogP contribution in [-0.4, -0.2) is 66.1 Å². The van der Waals surface area contributed by atoms with Gasteiger partial charge in [0, 0.05) is 31.9 Å². The Morgan fingerprint density at radius 3 is 2.37 bits per heavy atom. The standard InChI is InChI=1S/C22H36N4O2.2ClH/c1-3-25(17-16-24-13-6-4-5-7-14-24)21(27)20-18(2)10-15-26(22(20)28)19-8-11-23-12-9-19;;/h10,15,19,23H,3-9,11-14,16-17H2,1-2H3;2*1H. The number of piperidine rings is 1. The van der Waals surface area contributed by atoms with E-state index in [-0.39, 0.29) is 42.3 Å². The third-order valence-corrected chi connectivity index (χ3v) is 6.30. The van der Waals surface area contributed by atoms with Crippen molar-refractivity contribution in [3.8, 4) is 0 Å². The van der Waals surface area contributed by atoms with Crippen LogP contribution in [0, 0.1) is 6.92 Å². The molecule has 2 aliphatic heterocycles. The summed E-state index contributed by atoms with van der Waals surface area (Å²) in [6, 6.07) is 2.12. The van der Waals surface area contributed by atoms with Crippen LogP contribution in [0.4, 0.5) is 0 Å². The summed E-state index contributed by atoms with van der Waals surface area (Å²) < 4.78 is 1.80. The van der Waals surface area contributed by atoms with E-state index in [4.69, 9.17) is 0 Å². The topological polar surface area (TPSA) is 57.6 Å². The molecule has 0 radical (unpaired) electrons. The Balaban J connectivity index is 0.00000225. The van der Waals surface area contributed by atoms with Gasteiger partial charge in [-0.2, -0.15) is 0 Å². The summed E-state index contributed by atoms with van der Waals surface area (Å²) >= 11 is 0. The van der Waals surface area contributed by atoms with Crippen LogP contribution in [0.25, 0.3) is 0 Å². The monoisotopic (exact) mass is 460 g/mol. The third kappa shape index (κ3) is 6.71. The van der Waals surface area contributed by atoms with Crippen LogP contribution in [0.1, 0.15) is 67.4 Å². The van der Waals surface area contributed by atoms with Gasteiger partial charge in [0.25, 0.3) is 11.5 Å². The minimum absolute atomic E-state index is 0. The number of hydrogen-bond donors (Lipinski definition) is 1. The molecule has 1 amide bonds. The summed E-state index contributed by atoms with van der Waals surface area (Å²) in [5.74, 6) is -0.108. The van der Waals surface area contributed by atoms with E-state index in [0.717, 1.165) is 51.1 Å². The first-order valence-electron chi connectivity index (χ1n) is 11.1. The number of likely N-dealkylation sites (N-methyl/N-ethyl adjacent to an activating group) is 1. The van der Waals surface area contributed by atoms with Crippen LogP contribution in [-0.2, 0) is 0 Å². The summed E-state index contributed by atoms with van der Waals surface area (Å²) in [6.45, 7) is 10.2. The lowest BCUT2D eigenvalue weighted by Gasteiger charge is -2.28. The van der Waals surface area contributed by atoms with Crippen molar-refractivity contribution in [3.05, 3.63) is 33.7 Å². The Bertz CT molecular complexity index is 712. The molecule has 172 valence electrons. The van der Waals surface area contributed by atoms with Crippen LogP contribution in [0.5, 0.6) is 0 Å². The zero-order valence-corrected chi connectivity index (χ0v) is 20.0. The van der Waals surface area contributed by atoms with Gasteiger partial charge in [-0.05, 0) is 77.3 Å². The summed E-state index contributed by atoms with van der Waals surface area (Å²) in [7, 11) is 0. The van der Waals surface area contributed by atoms with Gasteiger partial charge in [-0.1, -0.05) is 12.8 Å². The van der Waals surface area contributed by atoms with Crippen molar-refractivity contribution in [2.24, 2.45) is 0 Å². The summed E-state index contributed by atoms with van der Waals surface area (Å²) in [5, 5.41) is 3.34. The zero-order chi connectivity index (χ0) is 19.9. The molecular formula is C22H38Cl2N4O2. The highest BCUT2D eigenvalue weighted by atomic mass is 35.5. The van der Waals surface area contributed by atoms with Gasteiger partial charge in [0.05, 0.1) is 0 Å². The third-order valence-electron chi connectivity index (χ3n) is 6.30. The van der Waals surface area contributed by atoms with Gasteiger partial charge in [-0.15, -0.1) is 24.8 Å². The highest BCUT2D eigenvalue weighted by Crippen LogP contribution is 2.18. The average Bonchev–Trinajstić information content (AvgIpc) is 2.98. The summed E-state index contributed by atoms with van der Waals surface area (Å²) in [5.41, 5.74) is 1.03. The maximum absolute atomic E-state index is 13.3. The lowest BCUT2D eigenvalue weighted by Crippen LogP contribution is -2.43. The Kier molecular flexibility index (Phi) is 12.0. The van der Waals surface area contributed by atoms with Gasteiger partial charge >= 0.3 is 0 Å². The number of aryl methyl sites for hydroxylation is 1. The van der Waals surface area contributed by atoms with Crippen molar-refractivity contribution in [1.82, 2.24) is 19.7 Å². The number of halogens is 2. The number of carbonyl (C=O) groups is 1. The van der Waals surface area contributed by atoms with Gasteiger partial charge in [-0.3, -0.25) is 9.59 Å². The molecule has 0 saturated carbocycles. The fourth-order valence-corrected chi connectivity index (χ4v) is 4.46. The highest BCUT2D eigenvalue weighted by molar-refractivity contribution is 5.95. The van der Waals surface area contributed by atoms with Gasteiger partial charge in [0.1, 0.15) is 5.56 Å². The predicted octanol–water partition coefficient (Wildman–Crippen LogP) is 3.26. The number of nitrogens with one attached hydrogen (secondary N) is 1. The van der Waals surface area contributed by atoms with Crippen LogP contribution < -0.4 is 10.9 Å². The molecule has 2 fully saturated rings. The number of carbonyl (C=O) groups excluding carboxylic acids is 1. The number of rotatable bonds is 6. The van der Waals surface area contributed by atoms with Gasteiger partial charge in [0.2, 0.25) is 0 Å². The number of pyridine rings is 1. The van der Waals surface area contributed by atoms with E-state index in [1.54, 1.807) is 4.57 Å². The number of amides is 1. The van der Waals surface area contributed by atoms with Crippen LogP contribution in [0.15, 0.2) is 17.1 Å². The van der Waals surface area contributed by atoms with Gasteiger partial charge < -0.3 is 19.7 Å². The minimum atomic E-state index is -0.120. The van der Waals surface area contributed by atoms with E-state index in [9.17, 15) is 9.59 Å². The van der Waals surface area contributed by atoms with Crippen molar-refractivity contribution in [3.63, 3.8) is 0 Å². The maximum atomic E-state index is 13.3. The molecule has 6 nitrogen and oxygen atoms in total. The minimum Gasteiger partial charge on any atom is -0.337 e. The molecule has 2 aliphatic rings. The number of nitrogens with zero attached hydrogens (tertiary/aromatic N) is 3. The fraction of sp³-hybridized carbons (Fsp3) is 0.727. The second kappa shape index (κ2) is 13.4. The molecule has 8 heteroatoms. The highest BCUT2D eigenvalue weighted by Gasteiger charge is 2.24. The molecule has 0 unspecified atom stereocenters. The molecule has 0 bridgehead atoms. The van der Waals surface area contributed by atoms with Crippen LogP contribution in [0.3, 0.4) is 0 Å². The molecule has 2 saturated heterocycles. The Morgan fingerprint density at radius 2 is 1.77 bits per heavy atom. The lowest BCUT2D eigenvalue weighted by molar-refractivity contribution is 0.0741. The van der Waals surface area contributed by atoms with E-state index in [1.165, 1.54) is 25.7 Å². The molecule has 1 aromatic rings. The van der Waals surface area contributed by atoms with E-state index in [2.05, 4.69) is 10.2 Å². The van der Waals surface area contributed by atoms with Crippen LogP contribution >= 0.6 is 24.8 Å². The molecule has 3 rings (SSSR count). The molecule has 1 aromatic heterocycles. The smallest absolute Gasteiger partial charge is 0.263 e. The number of aromatic nitrogens is 1. The fourth-order valence-electron chi connectivity index (χ4n) is 4.46. The predicted molar refractivity (Wildman–Crippen MR) is 128 cm³/mol. The maximum Gasteiger partial charge on any atom is 0.263 e. The summed E-state index contributed by atoms with van der Waals surface area (Å²) in [4.78, 5) is 30.8. The molecule has 0 aliphatic carbocycles. The molecule has 0 aromatic carbocycles. The summed E-state index contributed by atoms with van der Waals surface area (Å²) in [6.07, 6.45) is 8.86. The molecule has 1 N–H and O–H groups in total. The van der Waals surface area contributed by atoms with E-state index >= 15 is 0 Å². The quantitative estimate of drug-likeness (QED) is 0.707. The first-order chi connectivity index (χ1) is 13.6. The van der Waals surface area contributed by atoms with E-state index in [1.807, 2.05) is 31.0 Å². The SMILES string of the molecule is CCN(CCN1CCCCCC1)C(=O)c1c(C)ccn(C2CCNCC2)c1=O.Cl.Cl. The van der Waals surface area contributed by atoms with Crippen molar-refractivity contribution < 1.29 is 4.79 Å². The molecule has 0 spiro atoms. The van der Waals surface area contributed by atoms with Gasteiger partial charge in [-0.25, -0.2) is 0 Å². The van der Waals surface area contributed by atoms with Crippen molar-refractivity contribution >= 4 is 30.7 Å². The Morgan fingerprint density at radius 1 is 1.13 bits per heavy atom. The normalized spacial score (nSPS) is 18.1. The number of likely N-dealkylation sites (tertiary alicyclic amines) is 1. The second-order valence-corrected chi connectivity index (χ2v) is 8.21. The lowest BCUT2D eigenvalue weighted by atomic mass is 10.0. The average molecular weight is 461 g/mol. The Hall–Kier alpha value is -1.08. The van der Waals surface area contributed by atoms with E-state index < -0.39 is 0 Å². The number of hydrogen-bond acceptors (Lipinski definition) is 4. The second-order valence-electron chi connectivity index (χ2n) is 8.21. The van der Waals surface area contributed by atoms with Crippen molar-refractivity contribution in [2.75, 3.05) is 45.8 Å². The first kappa shape index (κ1) is 27.0. The molecule has 3 heterocycles. The van der Waals surface area contributed by atoms with Crippen molar-refractivity contribution in [1.29, 1.82) is 0 Å². The zero-order valence-electron chi connectivity index (χ0n) is 18.4. The van der Waals surface area contributed by atoms with Gasteiger partial charge in [0.15, 0.2) is 0 Å². The van der Waals surface area contributed by atoms with Crippen molar-refractivity contribution in [2.45, 2.75) is 58.4 Å². The first-order valence-corrected chi connectivity index (χ1v) is 11.1. The van der Waals surface area contributed by atoms with Crippen LogP contribution in [0.2, 0.25) is 0 Å². The largest absolute Gasteiger partial charge is 0.337 e. The Labute approximate surface area is 193 Å². The molecular weight excluding hydrogens is 423 g/mol. The molecule has 0 atom stereocenters.